The average Bonchev–Trinajstić information content (AvgIpc) is 2.90. The van der Waals surface area contributed by atoms with Gasteiger partial charge in [0.15, 0.2) is 0 Å². The lowest BCUT2D eigenvalue weighted by atomic mass is 9.93. The third-order valence-electron chi connectivity index (χ3n) is 6.86. The number of pyridine rings is 1. The van der Waals surface area contributed by atoms with Crippen LogP contribution in [0.3, 0.4) is 0 Å². The Labute approximate surface area is 185 Å². The molecule has 158 valence electrons. The number of benzene rings is 1. The van der Waals surface area contributed by atoms with E-state index < -0.39 is 0 Å². The molecule has 3 heterocycles. The molecule has 2 fully saturated rings. The molecule has 2 aliphatic heterocycles. The number of aromatic nitrogens is 1. The first-order valence-electron chi connectivity index (χ1n) is 11.3. The second-order valence-electron chi connectivity index (χ2n) is 8.96. The zero-order valence-corrected chi connectivity index (χ0v) is 18.6. The van der Waals surface area contributed by atoms with E-state index in [-0.39, 0.29) is 6.04 Å². The average molecular weight is 423 g/mol. The van der Waals surface area contributed by atoms with Gasteiger partial charge in [-0.15, -0.1) is 0 Å². The molecule has 30 heavy (non-hydrogen) atoms. The highest BCUT2D eigenvalue weighted by atomic mass is 35.5. The van der Waals surface area contributed by atoms with Gasteiger partial charge in [0.1, 0.15) is 0 Å². The van der Waals surface area contributed by atoms with Gasteiger partial charge < -0.3 is 4.90 Å². The first-order valence-corrected chi connectivity index (χ1v) is 11.7. The van der Waals surface area contributed by atoms with Crippen molar-refractivity contribution in [3.63, 3.8) is 0 Å². The maximum Gasteiger partial charge on any atom is 0.0789 e. The number of piperazine rings is 1. The summed E-state index contributed by atoms with van der Waals surface area (Å²) < 4.78 is 0. The highest BCUT2D eigenvalue weighted by Crippen LogP contribution is 2.40. The van der Waals surface area contributed by atoms with E-state index in [4.69, 9.17) is 16.6 Å². The van der Waals surface area contributed by atoms with Gasteiger partial charge in [-0.2, -0.15) is 0 Å². The van der Waals surface area contributed by atoms with E-state index in [1.807, 2.05) is 6.20 Å². The van der Waals surface area contributed by atoms with Crippen LogP contribution in [0.2, 0.25) is 5.02 Å². The Morgan fingerprint density at radius 2 is 1.80 bits per heavy atom. The van der Waals surface area contributed by atoms with Gasteiger partial charge in [-0.05, 0) is 79.5 Å². The van der Waals surface area contributed by atoms with E-state index in [2.05, 4.69) is 58.2 Å². The molecule has 0 saturated carbocycles. The second-order valence-corrected chi connectivity index (χ2v) is 9.39. The zero-order chi connectivity index (χ0) is 20.5. The topological polar surface area (TPSA) is 22.6 Å². The molecule has 1 aromatic heterocycles. The van der Waals surface area contributed by atoms with Gasteiger partial charge in [0.2, 0.25) is 0 Å². The summed E-state index contributed by atoms with van der Waals surface area (Å²) in [6, 6.07) is 11.0. The Kier molecular flexibility index (Phi) is 5.92. The van der Waals surface area contributed by atoms with Crippen molar-refractivity contribution in [2.24, 2.45) is 0 Å². The number of nitrogens with zero attached hydrogens (tertiary/aromatic N) is 4. The van der Waals surface area contributed by atoms with Crippen LogP contribution in [-0.4, -0.2) is 72.5 Å². The molecule has 0 radical (unpaired) electrons. The zero-order valence-electron chi connectivity index (χ0n) is 17.9. The van der Waals surface area contributed by atoms with Crippen LogP contribution in [0.4, 0.5) is 0 Å². The fourth-order valence-corrected chi connectivity index (χ4v) is 5.35. The lowest BCUT2D eigenvalue weighted by Crippen LogP contribution is -2.46. The molecular weight excluding hydrogens is 392 g/mol. The van der Waals surface area contributed by atoms with Gasteiger partial charge in [0, 0.05) is 43.9 Å². The largest absolute Gasteiger partial charge is 0.304 e. The van der Waals surface area contributed by atoms with Crippen molar-refractivity contribution < 1.29 is 0 Å². The number of hydrogen-bond acceptors (Lipinski definition) is 4. The van der Waals surface area contributed by atoms with Gasteiger partial charge in [0.25, 0.3) is 0 Å². The number of likely N-dealkylation sites (N-methyl/N-ethyl adjacent to an activating group) is 1. The minimum atomic E-state index is 0.178. The smallest absolute Gasteiger partial charge is 0.0789 e. The predicted octanol–water partition coefficient (Wildman–Crippen LogP) is 4.41. The van der Waals surface area contributed by atoms with E-state index in [0.717, 1.165) is 37.7 Å². The number of hydrogen-bond donors (Lipinski definition) is 0. The summed E-state index contributed by atoms with van der Waals surface area (Å²) in [6.45, 7) is 7.66. The molecule has 4 nitrogen and oxygen atoms in total. The molecule has 1 aromatic carbocycles. The summed E-state index contributed by atoms with van der Waals surface area (Å²) in [6.07, 6.45) is 8.29. The number of piperidine rings is 1. The van der Waals surface area contributed by atoms with Gasteiger partial charge >= 0.3 is 0 Å². The number of likely N-dealkylation sites (tertiary alicyclic amines) is 1. The monoisotopic (exact) mass is 422 g/mol. The van der Waals surface area contributed by atoms with Crippen molar-refractivity contribution in [3.8, 4) is 0 Å². The fourth-order valence-electron chi connectivity index (χ4n) is 5.18. The van der Waals surface area contributed by atoms with Crippen molar-refractivity contribution in [3.05, 3.63) is 63.9 Å². The van der Waals surface area contributed by atoms with Crippen LogP contribution in [0.15, 0.2) is 36.5 Å². The van der Waals surface area contributed by atoms with Crippen LogP contribution in [0, 0.1) is 0 Å². The summed E-state index contributed by atoms with van der Waals surface area (Å²) >= 11 is 6.53. The maximum absolute atomic E-state index is 6.53. The second kappa shape index (κ2) is 8.80. The molecule has 5 rings (SSSR count). The fraction of sp³-hybridized carbons (Fsp3) is 0.480. The first kappa shape index (κ1) is 20.2. The standard InChI is InChI=1S/C25H31ClN4/c1-28-12-14-30(15-13-28)25-22-8-7-21(26)17-23(22)20(18-29-10-3-2-4-11-29)16-19-6-5-9-27-24(19)25/h5-9,16-17,25H,2-4,10-15,18H2,1H3. The van der Waals surface area contributed by atoms with Crippen molar-refractivity contribution in [1.29, 1.82) is 0 Å². The Morgan fingerprint density at radius 1 is 1.00 bits per heavy atom. The molecule has 3 aliphatic rings. The number of rotatable bonds is 3. The Morgan fingerprint density at radius 3 is 2.60 bits per heavy atom. The normalized spacial score (nSPS) is 23.4. The Hall–Kier alpha value is -1.72. The van der Waals surface area contributed by atoms with Crippen LogP contribution < -0.4 is 0 Å². The minimum Gasteiger partial charge on any atom is -0.304 e. The van der Waals surface area contributed by atoms with Crippen LogP contribution in [0.5, 0.6) is 0 Å². The molecular formula is C25H31ClN4. The van der Waals surface area contributed by atoms with Gasteiger partial charge in [-0.3, -0.25) is 14.8 Å². The molecule has 0 bridgehead atoms. The lowest BCUT2D eigenvalue weighted by Gasteiger charge is -2.38. The summed E-state index contributed by atoms with van der Waals surface area (Å²) in [5.74, 6) is 0. The molecule has 0 spiro atoms. The van der Waals surface area contributed by atoms with Gasteiger partial charge in [-0.25, -0.2) is 0 Å². The SMILES string of the molecule is CN1CCN(C2c3ccc(Cl)cc3C(CN3CCCCC3)=Cc3cccnc32)CC1. The third-order valence-corrected chi connectivity index (χ3v) is 7.10. The van der Waals surface area contributed by atoms with Gasteiger partial charge in [0.05, 0.1) is 11.7 Å². The van der Waals surface area contributed by atoms with Gasteiger partial charge in [-0.1, -0.05) is 30.2 Å². The lowest BCUT2D eigenvalue weighted by molar-refractivity contribution is 0.125. The first-order chi connectivity index (χ1) is 14.7. The summed E-state index contributed by atoms with van der Waals surface area (Å²) in [5.41, 5.74) is 6.46. The summed E-state index contributed by atoms with van der Waals surface area (Å²) in [4.78, 5) is 12.5. The van der Waals surface area contributed by atoms with Crippen LogP contribution in [-0.2, 0) is 0 Å². The van der Waals surface area contributed by atoms with E-state index in [1.165, 1.54) is 60.3 Å². The maximum atomic E-state index is 6.53. The molecule has 5 heteroatoms. The van der Waals surface area contributed by atoms with E-state index in [9.17, 15) is 0 Å². The molecule has 2 saturated heterocycles. The summed E-state index contributed by atoms with van der Waals surface area (Å²) in [7, 11) is 2.21. The number of halogens is 1. The van der Waals surface area contributed by atoms with Crippen LogP contribution in [0.25, 0.3) is 11.6 Å². The molecule has 0 N–H and O–H groups in total. The quantitative estimate of drug-likeness (QED) is 0.730. The molecule has 2 aromatic rings. The molecule has 0 amide bonds. The highest BCUT2D eigenvalue weighted by molar-refractivity contribution is 6.30. The molecule has 1 unspecified atom stereocenters. The van der Waals surface area contributed by atoms with Crippen molar-refractivity contribution in [1.82, 2.24) is 19.7 Å². The van der Waals surface area contributed by atoms with E-state index in [0.29, 0.717) is 0 Å². The molecule has 1 atom stereocenters. The van der Waals surface area contributed by atoms with E-state index in [1.54, 1.807) is 0 Å². The highest BCUT2D eigenvalue weighted by Gasteiger charge is 2.32. The number of fused-ring (bicyclic) bond motifs is 2. The minimum absolute atomic E-state index is 0.178. The van der Waals surface area contributed by atoms with Crippen molar-refractivity contribution in [2.45, 2.75) is 25.3 Å². The summed E-state index contributed by atoms with van der Waals surface area (Å²) in [5, 5.41) is 0.814. The Balaban J connectivity index is 1.60. The van der Waals surface area contributed by atoms with Crippen LogP contribution >= 0.6 is 11.6 Å². The van der Waals surface area contributed by atoms with E-state index >= 15 is 0 Å². The predicted molar refractivity (Wildman–Crippen MR) is 125 cm³/mol. The Bertz CT molecular complexity index is 926. The third kappa shape index (κ3) is 4.06. The molecule has 1 aliphatic carbocycles. The van der Waals surface area contributed by atoms with Crippen molar-refractivity contribution in [2.75, 3.05) is 52.9 Å². The van der Waals surface area contributed by atoms with Crippen LogP contribution in [0.1, 0.15) is 47.7 Å². The van der Waals surface area contributed by atoms with Crippen molar-refractivity contribution >= 4 is 23.3 Å².